The van der Waals surface area contributed by atoms with E-state index in [1.54, 1.807) is 0 Å². The molecule has 0 saturated carbocycles. The molecule has 2 N–H and O–H groups in total. The third-order valence-corrected chi connectivity index (χ3v) is 7.80. The van der Waals surface area contributed by atoms with Crippen molar-refractivity contribution in [1.29, 1.82) is 0 Å². The van der Waals surface area contributed by atoms with Crippen molar-refractivity contribution in [1.82, 2.24) is 14.5 Å². The standard InChI is InChI=1S/C21H24N4O2S2.ClH/c1-14(2)25-19(26)18(28-21(25)27)13-15-7-5-12-29(15)20-23-16-8-3-4-9-17(16)24(20)11-6-10-22;/h3-5,7-9,12-14,29H,6,10-11,22H2,1-2H3;1H. The molecule has 1 fully saturated rings. The Morgan fingerprint density at radius 3 is 2.73 bits per heavy atom. The predicted molar refractivity (Wildman–Crippen MR) is 128 cm³/mol. The van der Waals surface area contributed by atoms with Gasteiger partial charge in [0, 0.05) is 12.6 Å². The van der Waals surface area contributed by atoms with Crippen molar-refractivity contribution >= 4 is 57.2 Å². The van der Waals surface area contributed by atoms with Crippen LogP contribution in [0.2, 0.25) is 0 Å². The zero-order chi connectivity index (χ0) is 20.5. The van der Waals surface area contributed by atoms with E-state index < -0.39 is 10.9 Å². The fraction of sp³-hybridized carbons (Fsp3) is 0.286. The number of carbonyl (C=O) groups excluding carboxylic acids is 2. The number of hydrogen-bond acceptors (Lipinski definition) is 5. The molecule has 160 valence electrons. The molecule has 9 heteroatoms. The molecule has 4 rings (SSSR count). The fourth-order valence-corrected chi connectivity index (χ4v) is 6.50. The number of nitrogens with two attached hydrogens (primary N) is 1. The molecule has 1 saturated heterocycles. The summed E-state index contributed by atoms with van der Waals surface area (Å²) in [5.41, 5.74) is 7.81. The molecule has 30 heavy (non-hydrogen) atoms. The number of amides is 2. The first-order chi connectivity index (χ1) is 14.0. The lowest BCUT2D eigenvalue weighted by Crippen LogP contribution is -2.34. The maximum atomic E-state index is 12.7. The number of thiol groups is 1. The van der Waals surface area contributed by atoms with Gasteiger partial charge in [0.25, 0.3) is 11.1 Å². The van der Waals surface area contributed by atoms with Gasteiger partial charge in [-0.1, -0.05) is 18.2 Å². The van der Waals surface area contributed by atoms with Crippen LogP contribution in [-0.4, -0.2) is 38.2 Å². The number of halogens is 1. The van der Waals surface area contributed by atoms with Gasteiger partial charge in [0.15, 0.2) is 5.16 Å². The summed E-state index contributed by atoms with van der Waals surface area (Å²) in [7, 11) is -0.847. The van der Waals surface area contributed by atoms with Gasteiger partial charge in [-0.2, -0.15) is 0 Å². The van der Waals surface area contributed by atoms with Crippen LogP contribution in [0.5, 0.6) is 0 Å². The van der Waals surface area contributed by atoms with Gasteiger partial charge in [0.05, 0.1) is 15.9 Å². The second kappa shape index (κ2) is 9.43. The van der Waals surface area contributed by atoms with E-state index in [1.165, 1.54) is 4.90 Å². The highest BCUT2D eigenvalue weighted by Crippen LogP contribution is 2.50. The number of aromatic nitrogens is 2. The highest BCUT2D eigenvalue weighted by atomic mass is 35.5. The quantitative estimate of drug-likeness (QED) is 0.483. The van der Waals surface area contributed by atoms with E-state index >= 15 is 0 Å². The van der Waals surface area contributed by atoms with Crippen molar-refractivity contribution in [2.75, 3.05) is 6.54 Å². The second-order valence-electron chi connectivity index (χ2n) is 7.14. The molecular weight excluding hydrogens is 440 g/mol. The van der Waals surface area contributed by atoms with Crippen LogP contribution in [0, 0.1) is 0 Å². The number of para-hydroxylation sites is 2. The molecule has 1 unspecified atom stereocenters. The molecule has 3 heterocycles. The molecule has 0 aliphatic carbocycles. The highest BCUT2D eigenvalue weighted by Gasteiger charge is 2.37. The average Bonchev–Trinajstić information content (AvgIpc) is 3.36. The van der Waals surface area contributed by atoms with Crippen molar-refractivity contribution in [2.45, 2.75) is 38.0 Å². The minimum atomic E-state index is -0.847. The summed E-state index contributed by atoms with van der Waals surface area (Å²) < 4.78 is 2.24. The second-order valence-corrected chi connectivity index (χ2v) is 10.1. The lowest BCUT2D eigenvalue weighted by molar-refractivity contribution is -0.123. The summed E-state index contributed by atoms with van der Waals surface area (Å²) in [6, 6.07) is 7.96. The number of fused-ring (bicyclic) bond motifs is 1. The Bertz CT molecular complexity index is 1070. The number of rotatable bonds is 6. The van der Waals surface area contributed by atoms with E-state index in [2.05, 4.69) is 16.0 Å². The van der Waals surface area contributed by atoms with Crippen LogP contribution >= 0.6 is 35.1 Å². The number of imidazole rings is 1. The van der Waals surface area contributed by atoms with Crippen LogP contribution in [0.25, 0.3) is 11.0 Å². The summed E-state index contributed by atoms with van der Waals surface area (Å²) in [6.07, 6.45) is 6.76. The zero-order valence-electron chi connectivity index (χ0n) is 16.8. The molecule has 1 aromatic heterocycles. The van der Waals surface area contributed by atoms with Crippen LogP contribution in [0.1, 0.15) is 20.3 Å². The first-order valence-corrected chi connectivity index (χ1v) is 11.8. The van der Waals surface area contributed by atoms with Crippen LogP contribution in [0.3, 0.4) is 0 Å². The summed E-state index contributed by atoms with van der Waals surface area (Å²) >= 11 is 1.01. The smallest absolute Gasteiger partial charge is 0.293 e. The van der Waals surface area contributed by atoms with Gasteiger partial charge in [0.1, 0.15) is 0 Å². The number of hydrogen-bond donors (Lipinski definition) is 2. The topological polar surface area (TPSA) is 81.2 Å². The Kier molecular flexibility index (Phi) is 7.13. The first kappa shape index (κ1) is 22.7. The van der Waals surface area contributed by atoms with E-state index in [0.29, 0.717) is 11.4 Å². The minimum Gasteiger partial charge on any atom is -0.330 e. The third-order valence-electron chi connectivity index (χ3n) is 4.83. The fourth-order valence-electron chi connectivity index (χ4n) is 3.47. The number of allylic oxidation sites excluding steroid dienone is 3. The SMILES string of the molecule is CC(C)N1C(=O)SC(=CC2=CC=C[SH]2c2nc3ccccc3n2CCCN)C1=O.Cl. The summed E-state index contributed by atoms with van der Waals surface area (Å²) in [4.78, 5) is 32.6. The van der Waals surface area contributed by atoms with Gasteiger partial charge >= 0.3 is 0 Å². The minimum absolute atomic E-state index is 0. The Morgan fingerprint density at radius 2 is 2.03 bits per heavy atom. The zero-order valence-corrected chi connectivity index (χ0v) is 19.3. The van der Waals surface area contributed by atoms with Crippen LogP contribution in [0.15, 0.2) is 62.9 Å². The molecule has 2 aliphatic heterocycles. The lowest BCUT2D eigenvalue weighted by Gasteiger charge is -2.18. The monoisotopic (exact) mass is 464 g/mol. The predicted octanol–water partition coefficient (Wildman–Crippen LogP) is 4.57. The van der Waals surface area contributed by atoms with Gasteiger partial charge in [-0.3, -0.25) is 14.5 Å². The largest absolute Gasteiger partial charge is 0.330 e. The van der Waals surface area contributed by atoms with Gasteiger partial charge < -0.3 is 10.3 Å². The number of carbonyl (C=O) groups is 2. The number of thioether (sulfide) groups is 1. The summed E-state index contributed by atoms with van der Waals surface area (Å²) in [6.45, 7) is 5.12. The van der Waals surface area contributed by atoms with Gasteiger partial charge in [0.2, 0.25) is 0 Å². The van der Waals surface area contributed by atoms with E-state index in [0.717, 1.165) is 45.8 Å². The lowest BCUT2D eigenvalue weighted by atomic mass is 10.3. The number of nitrogens with zero attached hydrogens (tertiary/aromatic N) is 3. The molecule has 0 bridgehead atoms. The normalized spacial score (nSPS) is 21.2. The van der Waals surface area contributed by atoms with E-state index in [9.17, 15) is 9.59 Å². The van der Waals surface area contributed by atoms with Crippen molar-refractivity contribution in [3.05, 3.63) is 57.7 Å². The van der Waals surface area contributed by atoms with E-state index in [1.807, 2.05) is 50.3 Å². The Morgan fingerprint density at radius 1 is 1.27 bits per heavy atom. The van der Waals surface area contributed by atoms with Gasteiger partial charge in [-0.15, -0.1) is 23.3 Å². The van der Waals surface area contributed by atoms with E-state index in [-0.39, 0.29) is 29.6 Å². The molecule has 0 spiro atoms. The van der Waals surface area contributed by atoms with Gasteiger partial charge in [-0.25, -0.2) is 4.98 Å². The molecule has 2 aliphatic rings. The van der Waals surface area contributed by atoms with Crippen LogP contribution < -0.4 is 5.73 Å². The summed E-state index contributed by atoms with van der Waals surface area (Å²) in [5.74, 6) is -0.214. The van der Waals surface area contributed by atoms with Gasteiger partial charge in [-0.05, 0) is 73.2 Å². The maximum absolute atomic E-state index is 12.7. The van der Waals surface area contributed by atoms with Crippen LogP contribution in [-0.2, 0) is 11.3 Å². The molecule has 2 aromatic rings. The van der Waals surface area contributed by atoms with Crippen molar-refractivity contribution in [3.63, 3.8) is 0 Å². The Labute approximate surface area is 189 Å². The maximum Gasteiger partial charge on any atom is 0.293 e. The molecule has 1 atom stereocenters. The number of imide groups is 1. The molecule has 0 radical (unpaired) electrons. The molecular formula is C21H25ClN4O2S2. The number of aryl methyl sites for hydroxylation is 1. The molecule has 6 nitrogen and oxygen atoms in total. The van der Waals surface area contributed by atoms with Crippen LogP contribution in [0.4, 0.5) is 4.79 Å². The Balaban J connectivity index is 0.00000256. The molecule has 2 amide bonds. The first-order valence-electron chi connectivity index (χ1n) is 9.61. The highest BCUT2D eigenvalue weighted by molar-refractivity contribution is 8.23. The third kappa shape index (κ3) is 4.09. The van der Waals surface area contributed by atoms with Crippen molar-refractivity contribution in [2.24, 2.45) is 5.73 Å². The summed E-state index contributed by atoms with van der Waals surface area (Å²) in [5, 5.41) is 2.94. The Hall–Kier alpha value is -2.00. The van der Waals surface area contributed by atoms with E-state index in [4.69, 9.17) is 10.7 Å². The van der Waals surface area contributed by atoms with Crippen molar-refractivity contribution < 1.29 is 9.59 Å². The van der Waals surface area contributed by atoms with Crippen molar-refractivity contribution in [3.8, 4) is 0 Å². The number of benzene rings is 1. The molecule has 1 aromatic carbocycles. The average molecular weight is 465 g/mol.